The number of rotatable bonds is 4. The summed E-state index contributed by atoms with van der Waals surface area (Å²) in [5, 5.41) is 2.85. The highest BCUT2D eigenvalue weighted by Crippen LogP contribution is 2.23. The molecule has 8 heteroatoms. The maximum atomic E-state index is 12.3. The molecule has 0 unspecified atom stereocenters. The quantitative estimate of drug-likeness (QED) is 0.614. The van der Waals surface area contributed by atoms with Gasteiger partial charge in [-0.25, -0.2) is 9.97 Å². The molecule has 132 valence electrons. The fourth-order valence-electron chi connectivity index (χ4n) is 2.38. The maximum Gasteiger partial charge on any atom is 0.287 e. The van der Waals surface area contributed by atoms with Crippen LogP contribution in [0.3, 0.4) is 0 Å². The molecular weight excluding hydrogens is 332 g/mol. The summed E-state index contributed by atoms with van der Waals surface area (Å²) in [6.45, 7) is 1.86. The van der Waals surface area contributed by atoms with Gasteiger partial charge in [0.1, 0.15) is 0 Å². The molecule has 0 saturated carbocycles. The molecule has 3 heterocycles. The second-order valence-electron chi connectivity index (χ2n) is 5.65. The van der Waals surface area contributed by atoms with Crippen molar-refractivity contribution in [2.24, 2.45) is 0 Å². The van der Waals surface area contributed by atoms with Gasteiger partial charge in [0.25, 0.3) is 5.91 Å². The van der Waals surface area contributed by atoms with Gasteiger partial charge in [0, 0.05) is 24.9 Å². The average molecular weight is 350 g/mol. The number of aromatic nitrogens is 4. The van der Waals surface area contributed by atoms with Gasteiger partial charge in [-0.2, -0.15) is 0 Å². The number of carbonyl (C=O) groups excluding carboxylic acids is 1. The lowest BCUT2D eigenvalue weighted by Crippen LogP contribution is -2.32. The van der Waals surface area contributed by atoms with Gasteiger partial charge in [0.05, 0.1) is 30.1 Å². The monoisotopic (exact) mass is 350 g/mol. The van der Waals surface area contributed by atoms with E-state index in [1.165, 1.54) is 13.3 Å². The molecule has 3 rings (SSSR count). The number of imidazole rings is 1. The van der Waals surface area contributed by atoms with Gasteiger partial charge in [-0.1, -0.05) is 11.8 Å². The first-order valence-electron chi connectivity index (χ1n) is 7.96. The molecule has 0 aliphatic heterocycles. The number of nitrogens with zero attached hydrogens (tertiary/aromatic N) is 3. The van der Waals surface area contributed by atoms with E-state index in [0.29, 0.717) is 34.6 Å². The maximum absolute atomic E-state index is 12.3. The van der Waals surface area contributed by atoms with Gasteiger partial charge in [0.2, 0.25) is 0 Å². The molecule has 0 spiro atoms. The number of pyridine rings is 2. The fraction of sp³-hybridized carbons (Fsp3) is 0.222. The molecule has 0 fully saturated rings. The van der Waals surface area contributed by atoms with Crippen molar-refractivity contribution in [2.75, 3.05) is 12.8 Å². The predicted octanol–water partition coefficient (Wildman–Crippen LogP) is 1.50. The van der Waals surface area contributed by atoms with E-state index in [9.17, 15) is 4.79 Å². The summed E-state index contributed by atoms with van der Waals surface area (Å²) in [7, 11) is 1.53. The van der Waals surface area contributed by atoms with Crippen LogP contribution in [0.2, 0.25) is 0 Å². The number of aromatic amines is 1. The van der Waals surface area contributed by atoms with Crippen molar-refractivity contribution in [2.45, 2.75) is 19.4 Å². The molecule has 1 amide bonds. The number of nitrogens with one attached hydrogen (secondary N) is 2. The number of hydrogen-bond donors (Lipinski definition) is 3. The number of nitrogens with two attached hydrogens (primary N) is 1. The number of nitrogen functional groups attached to an aromatic ring is 1. The Kier molecular flexibility index (Phi) is 4.99. The van der Waals surface area contributed by atoms with Gasteiger partial charge >= 0.3 is 0 Å². The highest BCUT2D eigenvalue weighted by Gasteiger charge is 2.14. The van der Waals surface area contributed by atoms with Crippen LogP contribution in [0.25, 0.3) is 11.2 Å². The minimum atomic E-state index is -0.305. The zero-order chi connectivity index (χ0) is 18.5. The summed E-state index contributed by atoms with van der Waals surface area (Å²) in [5.74, 6) is 6.39. The molecule has 4 N–H and O–H groups in total. The molecule has 3 aromatic heterocycles. The van der Waals surface area contributed by atoms with Crippen molar-refractivity contribution in [3.8, 4) is 17.6 Å². The van der Waals surface area contributed by atoms with Crippen LogP contribution in [-0.2, 0) is 0 Å². The van der Waals surface area contributed by atoms with Gasteiger partial charge < -0.3 is 20.8 Å². The Hall–Kier alpha value is -3.60. The van der Waals surface area contributed by atoms with E-state index in [0.717, 1.165) is 0 Å². The fourth-order valence-corrected chi connectivity index (χ4v) is 2.38. The van der Waals surface area contributed by atoms with E-state index < -0.39 is 0 Å². The van der Waals surface area contributed by atoms with Gasteiger partial charge in [-0.15, -0.1) is 0 Å². The number of H-pyrrole nitrogens is 1. The Morgan fingerprint density at radius 2 is 2.31 bits per heavy atom. The number of anilines is 1. The molecule has 8 nitrogen and oxygen atoms in total. The van der Waals surface area contributed by atoms with Crippen molar-refractivity contribution in [1.82, 2.24) is 25.3 Å². The van der Waals surface area contributed by atoms with E-state index in [1.807, 2.05) is 13.0 Å². The number of ether oxygens (including phenoxy) is 1. The van der Waals surface area contributed by atoms with Crippen LogP contribution in [0.15, 0.2) is 30.7 Å². The summed E-state index contributed by atoms with van der Waals surface area (Å²) in [6.07, 6.45) is 5.17. The highest BCUT2D eigenvalue weighted by atomic mass is 16.5. The van der Waals surface area contributed by atoms with Crippen molar-refractivity contribution in [3.05, 3.63) is 42.1 Å². The topological polar surface area (TPSA) is 119 Å². The number of amides is 1. The van der Waals surface area contributed by atoms with Crippen LogP contribution >= 0.6 is 0 Å². The Labute approximate surface area is 150 Å². The van der Waals surface area contributed by atoms with Gasteiger partial charge in [0.15, 0.2) is 17.2 Å². The summed E-state index contributed by atoms with van der Waals surface area (Å²) in [4.78, 5) is 27.5. The lowest BCUT2D eigenvalue weighted by Gasteiger charge is -2.09. The van der Waals surface area contributed by atoms with Crippen LogP contribution in [0.5, 0.6) is 5.75 Å². The van der Waals surface area contributed by atoms with E-state index >= 15 is 0 Å². The van der Waals surface area contributed by atoms with Crippen molar-refractivity contribution >= 4 is 22.8 Å². The molecule has 0 aliphatic rings. The minimum Gasteiger partial charge on any atom is -0.493 e. The van der Waals surface area contributed by atoms with Crippen LogP contribution in [0.4, 0.5) is 5.69 Å². The molecule has 1 atom stereocenters. The van der Waals surface area contributed by atoms with E-state index in [2.05, 4.69) is 37.1 Å². The Morgan fingerprint density at radius 1 is 1.46 bits per heavy atom. The van der Waals surface area contributed by atoms with E-state index in [-0.39, 0.29) is 17.8 Å². The Morgan fingerprint density at radius 3 is 3.08 bits per heavy atom. The third-order valence-corrected chi connectivity index (χ3v) is 3.61. The van der Waals surface area contributed by atoms with Gasteiger partial charge in [-0.05, 0) is 19.1 Å². The van der Waals surface area contributed by atoms with E-state index in [4.69, 9.17) is 10.5 Å². The summed E-state index contributed by atoms with van der Waals surface area (Å²) in [5.41, 5.74) is 8.05. The summed E-state index contributed by atoms with van der Waals surface area (Å²) >= 11 is 0. The van der Waals surface area contributed by atoms with Crippen LogP contribution < -0.4 is 15.8 Å². The number of fused-ring (bicyclic) bond motifs is 1. The molecule has 0 saturated heterocycles. The number of methoxy groups -OCH3 is 1. The second kappa shape index (κ2) is 7.53. The van der Waals surface area contributed by atoms with Crippen LogP contribution in [0.1, 0.15) is 29.5 Å². The van der Waals surface area contributed by atoms with Crippen LogP contribution in [0, 0.1) is 11.8 Å². The number of hydrogen-bond acceptors (Lipinski definition) is 6. The molecule has 26 heavy (non-hydrogen) atoms. The zero-order valence-corrected chi connectivity index (χ0v) is 14.4. The van der Waals surface area contributed by atoms with Crippen molar-refractivity contribution in [3.63, 3.8) is 0 Å². The molecular formula is C18H18N6O2. The number of carbonyl (C=O) groups is 1. The lowest BCUT2D eigenvalue weighted by molar-refractivity contribution is 0.0931. The smallest absolute Gasteiger partial charge is 0.287 e. The Bertz CT molecular complexity index is 969. The Balaban J connectivity index is 1.63. The first kappa shape index (κ1) is 17.2. The molecule has 0 aliphatic carbocycles. The van der Waals surface area contributed by atoms with Crippen molar-refractivity contribution < 1.29 is 9.53 Å². The van der Waals surface area contributed by atoms with Crippen LogP contribution in [-0.4, -0.2) is 39.0 Å². The van der Waals surface area contributed by atoms with Crippen molar-refractivity contribution in [1.29, 1.82) is 0 Å². The molecule has 3 aromatic rings. The standard InChI is InChI=1S/C18H18N6O2/c1-11(5-3-6-12-9-20-10-13(19)15(12)26-2)22-18(25)17-23-14-7-4-8-21-16(14)24-17/h4,7-11H,5,19H2,1-2H3,(H,22,25)(H,21,23,24)/t11-/m0/s1. The predicted molar refractivity (Wildman–Crippen MR) is 97.5 cm³/mol. The molecule has 0 radical (unpaired) electrons. The first-order chi connectivity index (χ1) is 12.6. The zero-order valence-electron chi connectivity index (χ0n) is 14.4. The average Bonchev–Trinajstić information content (AvgIpc) is 3.06. The third-order valence-electron chi connectivity index (χ3n) is 3.61. The third kappa shape index (κ3) is 3.72. The first-order valence-corrected chi connectivity index (χ1v) is 7.96. The largest absolute Gasteiger partial charge is 0.493 e. The molecule has 0 bridgehead atoms. The summed E-state index contributed by atoms with van der Waals surface area (Å²) < 4.78 is 5.23. The minimum absolute atomic E-state index is 0.170. The van der Waals surface area contributed by atoms with Gasteiger partial charge in [-0.3, -0.25) is 9.78 Å². The lowest BCUT2D eigenvalue weighted by atomic mass is 10.2. The summed E-state index contributed by atoms with van der Waals surface area (Å²) in [6, 6.07) is 3.42. The van der Waals surface area contributed by atoms with E-state index in [1.54, 1.807) is 18.5 Å². The molecule has 0 aromatic carbocycles. The SMILES string of the molecule is COc1c(N)cncc1C#CC[C@H](C)NC(=O)c1nc2ncccc2[nH]1. The normalized spacial score (nSPS) is 11.5. The highest BCUT2D eigenvalue weighted by molar-refractivity contribution is 5.93. The second-order valence-corrected chi connectivity index (χ2v) is 5.65.